The van der Waals surface area contributed by atoms with Crippen molar-refractivity contribution in [2.75, 3.05) is 0 Å². The molecule has 0 N–H and O–H groups in total. The van der Waals surface area contributed by atoms with Gasteiger partial charge in [-0.15, -0.1) is 0 Å². The van der Waals surface area contributed by atoms with Gasteiger partial charge in [0.25, 0.3) is 0 Å². The molecule has 4 nitrogen and oxygen atoms in total. The first kappa shape index (κ1) is 34.6. The third kappa shape index (κ3) is 4.98. The fraction of sp³-hybridized carbons (Fsp3) is 0.0172. The van der Waals surface area contributed by atoms with Crippen LogP contribution < -0.4 is 0 Å². The molecule has 9 aromatic carbocycles. The van der Waals surface area contributed by atoms with Crippen molar-refractivity contribution >= 4 is 21.9 Å². The second kappa shape index (κ2) is 13.4. The van der Waals surface area contributed by atoms with Gasteiger partial charge in [-0.1, -0.05) is 200 Å². The number of hydrogen-bond acceptors (Lipinski definition) is 4. The molecule has 0 aliphatic heterocycles. The molecule has 0 saturated heterocycles. The van der Waals surface area contributed by atoms with Gasteiger partial charge in [0.1, 0.15) is 11.2 Å². The predicted molar refractivity (Wildman–Crippen MR) is 251 cm³/mol. The van der Waals surface area contributed by atoms with E-state index in [0.29, 0.717) is 17.5 Å². The molecule has 0 atom stereocenters. The number of benzene rings is 9. The number of hydrogen-bond donors (Lipinski definition) is 0. The Hall–Kier alpha value is -8.21. The van der Waals surface area contributed by atoms with Crippen molar-refractivity contribution in [2.24, 2.45) is 0 Å². The van der Waals surface area contributed by atoms with Gasteiger partial charge in [-0.25, -0.2) is 15.0 Å². The maximum atomic E-state index is 6.24. The summed E-state index contributed by atoms with van der Waals surface area (Å²) in [7, 11) is 0. The van der Waals surface area contributed by atoms with Crippen molar-refractivity contribution < 1.29 is 4.42 Å². The monoisotopic (exact) mass is 789 g/mol. The van der Waals surface area contributed by atoms with Crippen LogP contribution in [0.5, 0.6) is 0 Å². The number of nitrogens with zero attached hydrogens (tertiary/aromatic N) is 3. The first-order chi connectivity index (χ1) is 30.7. The highest BCUT2D eigenvalue weighted by Crippen LogP contribution is 2.64. The molecule has 11 aromatic rings. The van der Waals surface area contributed by atoms with Gasteiger partial charge in [0.15, 0.2) is 17.5 Å². The van der Waals surface area contributed by atoms with Gasteiger partial charge < -0.3 is 4.42 Å². The van der Waals surface area contributed by atoms with Crippen LogP contribution in [-0.4, -0.2) is 15.0 Å². The standard InChI is InChI=1S/C58H35N3O/c1-2-14-39(15-3-1)55-59-56(61-57(60-55)47-22-13-27-52-53(47)46-19-7-11-26-51(46)62-52)40-34-30-37(31-35-40)36-28-32-38(33-29-36)41-20-12-21-45-44-18-6-10-25-50(44)58(54(41)45)48-23-8-4-16-42(48)43-17-5-9-24-49(43)58/h1-35H. The Kier molecular flexibility index (Phi) is 7.49. The number of fused-ring (bicyclic) bond motifs is 13. The second-order valence-electron chi connectivity index (χ2n) is 16.2. The molecule has 0 saturated carbocycles. The summed E-state index contributed by atoms with van der Waals surface area (Å²) in [6, 6.07) is 75.8. The summed E-state index contributed by atoms with van der Waals surface area (Å²) < 4.78 is 6.24. The van der Waals surface area contributed by atoms with E-state index in [-0.39, 0.29) is 0 Å². The van der Waals surface area contributed by atoms with Crippen LogP contribution in [-0.2, 0) is 5.41 Å². The summed E-state index contributed by atoms with van der Waals surface area (Å²) in [5.41, 5.74) is 19.3. The summed E-state index contributed by atoms with van der Waals surface area (Å²) in [4.78, 5) is 15.2. The number of para-hydroxylation sites is 1. The van der Waals surface area contributed by atoms with E-state index in [4.69, 9.17) is 19.4 Å². The van der Waals surface area contributed by atoms with Gasteiger partial charge in [-0.05, 0) is 78.9 Å². The van der Waals surface area contributed by atoms with Crippen LogP contribution in [0, 0.1) is 0 Å². The van der Waals surface area contributed by atoms with Crippen molar-refractivity contribution in [1.29, 1.82) is 0 Å². The van der Waals surface area contributed by atoms with Crippen LogP contribution in [0.4, 0.5) is 0 Å². The highest BCUT2D eigenvalue weighted by Gasteiger charge is 2.52. The van der Waals surface area contributed by atoms with Crippen LogP contribution >= 0.6 is 0 Å². The summed E-state index contributed by atoms with van der Waals surface area (Å²) in [5, 5.41) is 2.03. The molecule has 62 heavy (non-hydrogen) atoms. The Labute approximate surface area is 358 Å². The molecule has 0 fully saturated rings. The Morgan fingerprint density at radius 3 is 1.39 bits per heavy atom. The van der Waals surface area contributed by atoms with Crippen LogP contribution in [0.3, 0.4) is 0 Å². The normalized spacial score (nSPS) is 13.0. The average Bonchev–Trinajstić information content (AvgIpc) is 3.99. The van der Waals surface area contributed by atoms with Crippen molar-refractivity contribution in [2.45, 2.75) is 5.41 Å². The smallest absolute Gasteiger partial charge is 0.164 e. The fourth-order valence-corrected chi connectivity index (χ4v) is 10.4. The Morgan fingerprint density at radius 1 is 0.290 bits per heavy atom. The van der Waals surface area contributed by atoms with Crippen molar-refractivity contribution in [3.8, 4) is 78.7 Å². The molecule has 2 aliphatic carbocycles. The van der Waals surface area contributed by atoms with E-state index in [1.54, 1.807) is 0 Å². The van der Waals surface area contributed by atoms with Crippen LogP contribution in [0.1, 0.15) is 22.3 Å². The SMILES string of the molecule is c1ccc(-c2nc(-c3ccc(-c4ccc(-c5cccc6c5C5(c7ccccc7-c7ccccc75)c5ccccc5-6)cc4)cc3)nc(-c3cccc4oc5ccccc5c34)n2)cc1. The number of rotatable bonds is 5. The number of aromatic nitrogens is 3. The van der Waals surface area contributed by atoms with Crippen molar-refractivity contribution in [1.82, 2.24) is 15.0 Å². The maximum absolute atomic E-state index is 6.24. The van der Waals surface area contributed by atoms with Crippen molar-refractivity contribution in [3.05, 3.63) is 235 Å². The lowest BCUT2D eigenvalue weighted by Gasteiger charge is -2.32. The minimum absolute atomic E-state index is 0.404. The third-order valence-electron chi connectivity index (χ3n) is 13.0. The maximum Gasteiger partial charge on any atom is 0.164 e. The Bertz CT molecular complexity index is 3500. The van der Waals surface area contributed by atoms with Gasteiger partial charge in [0, 0.05) is 27.5 Å². The van der Waals surface area contributed by atoms with Crippen LogP contribution in [0.25, 0.3) is 101 Å². The minimum atomic E-state index is -0.404. The minimum Gasteiger partial charge on any atom is -0.456 e. The van der Waals surface area contributed by atoms with E-state index < -0.39 is 5.41 Å². The average molecular weight is 790 g/mol. The van der Waals surface area contributed by atoms with Crippen molar-refractivity contribution in [3.63, 3.8) is 0 Å². The molecule has 288 valence electrons. The third-order valence-corrected chi connectivity index (χ3v) is 13.0. The lowest BCUT2D eigenvalue weighted by atomic mass is 9.68. The predicted octanol–water partition coefficient (Wildman–Crippen LogP) is 14.4. The molecular weight excluding hydrogens is 755 g/mol. The molecule has 0 bridgehead atoms. The molecular formula is C58H35N3O. The van der Waals surface area contributed by atoms with Gasteiger partial charge in [-0.3, -0.25) is 0 Å². The largest absolute Gasteiger partial charge is 0.456 e. The summed E-state index contributed by atoms with van der Waals surface area (Å²) in [6.45, 7) is 0. The Morgan fingerprint density at radius 2 is 0.726 bits per heavy atom. The molecule has 0 amide bonds. The molecule has 4 heteroatoms. The second-order valence-corrected chi connectivity index (χ2v) is 16.2. The molecule has 1 spiro atoms. The lowest BCUT2D eigenvalue weighted by molar-refractivity contribution is 0.669. The van der Waals surface area contributed by atoms with E-state index >= 15 is 0 Å². The van der Waals surface area contributed by atoms with Gasteiger partial charge in [0.2, 0.25) is 0 Å². The first-order valence-electron chi connectivity index (χ1n) is 21.1. The number of furan rings is 1. The fourth-order valence-electron chi connectivity index (χ4n) is 10.4. The molecule has 2 aromatic heterocycles. The quantitative estimate of drug-likeness (QED) is 0.174. The zero-order valence-corrected chi connectivity index (χ0v) is 33.5. The zero-order chi connectivity index (χ0) is 40.8. The zero-order valence-electron chi connectivity index (χ0n) is 33.5. The van der Waals surface area contributed by atoms with Crippen LogP contribution in [0.2, 0.25) is 0 Å². The highest BCUT2D eigenvalue weighted by molar-refractivity contribution is 6.11. The van der Waals surface area contributed by atoms with Gasteiger partial charge in [-0.2, -0.15) is 0 Å². The molecule has 13 rings (SSSR count). The first-order valence-corrected chi connectivity index (χ1v) is 21.1. The topological polar surface area (TPSA) is 51.8 Å². The summed E-state index contributed by atoms with van der Waals surface area (Å²) >= 11 is 0. The van der Waals surface area contributed by atoms with E-state index in [1.807, 2.05) is 60.7 Å². The van der Waals surface area contributed by atoms with Crippen LogP contribution in [0.15, 0.2) is 217 Å². The molecule has 2 aliphatic rings. The van der Waals surface area contributed by atoms with E-state index in [0.717, 1.165) is 49.8 Å². The summed E-state index contributed by atoms with van der Waals surface area (Å²) in [6.07, 6.45) is 0. The van der Waals surface area contributed by atoms with E-state index in [2.05, 4.69) is 152 Å². The lowest BCUT2D eigenvalue weighted by Crippen LogP contribution is -2.26. The Balaban J connectivity index is 0.893. The molecule has 0 unspecified atom stereocenters. The van der Waals surface area contributed by atoms with Gasteiger partial charge >= 0.3 is 0 Å². The summed E-state index contributed by atoms with van der Waals surface area (Å²) in [5.74, 6) is 1.84. The molecule has 0 radical (unpaired) electrons. The molecule has 2 heterocycles. The van der Waals surface area contributed by atoms with E-state index in [9.17, 15) is 0 Å². The van der Waals surface area contributed by atoms with Gasteiger partial charge in [0.05, 0.1) is 5.41 Å². The van der Waals surface area contributed by atoms with E-state index in [1.165, 1.54) is 55.6 Å². The highest BCUT2D eigenvalue weighted by atomic mass is 16.3.